The molecular weight excluding hydrogens is 420 g/mol. The van der Waals surface area contributed by atoms with Crippen molar-refractivity contribution in [2.75, 3.05) is 0 Å². The van der Waals surface area contributed by atoms with Crippen molar-refractivity contribution in [2.45, 2.75) is 24.0 Å². The second kappa shape index (κ2) is 10.5. The van der Waals surface area contributed by atoms with Gasteiger partial charge in [-0.25, -0.2) is 0 Å². The number of aromatic nitrogens is 5. The van der Waals surface area contributed by atoms with E-state index in [2.05, 4.69) is 32.1 Å². The molecule has 0 unspecified atom stereocenters. The van der Waals surface area contributed by atoms with E-state index < -0.39 is 0 Å². The third-order valence-corrected chi connectivity index (χ3v) is 5.79. The van der Waals surface area contributed by atoms with E-state index in [9.17, 15) is 4.79 Å². The van der Waals surface area contributed by atoms with Gasteiger partial charge < -0.3 is 5.32 Å². The maximum absolute atomic E-state index is 12.8. The van der Waals surface area contributed by atoms with E-state index in [1.807, 2.05) is 59.2 Å². The molecule has 3 aromatic heterocycles. The van der Waals surface area contributed by atoms with Crippen molar-refractivity contribution >= 4 is 17.7 Å². The minimum absolute atomic E-state index is 0.110. The number of pyridine rings is 2. The Bertz CT molecular complexity index is 1190. The topological polar surface area (TPSA) is 85.6 Å². The monoisotopic (exact) mass is 442 g/mol. The van der Waals surface area contributed by atoms with Crippen molar-refractivity contribution < 1.29 is 4.79 Å². The number of allylic oxidation sites excluding steroid dienone is 1. The molecule has 0 radical (unpaired) electrons. The molecule has 160 valence electrons. The lowest BCUT2D eigenvalue weighted by atomic mass is 10.1. The van der Waals surface area contributed by atoms with Gasteiger partial charge in [-0.1, -0.05) is 36.0 Å². The van der Waals surface area contributed by atoms with Crippen molar-refractivity contribution in [3.05, 3.63) is 103 Å². The van der Waals surface area contributed by atoms with Gasteiger partial charge in [-0.05, 0) is 41.5 Å². The van der Waals surface area contributed by atoms with Crippen LogP contribution in [0, 0.1) is 0 Å². The summed E-state index contributed by atoms with van der Waals surface area (Å²) in [6.45, 7) is 4.88. The molecule has 1 N–H and O–H groups in total. The average molecular weight is 443 g/mol. The Morgan fingerprint density at radius 3 is 2.66 bits per heavy atom. The van der Waals surface area contributed by atoms with Crippen LogP contribution in [0.3, 0.4) is 0 Å². The van der Waals surface area contributed by atoms with Gasteiger partial charge in [-0.2, -0.15) is 0 Å². The number of benzene rings is 1. The first-order chi connectivity index (χ1) is 15.8. The van der Waals surface area contributed by atoms with Gasteiger partial charge in [0.1, 0.15) is 0 Å². The molecule has 1 amide bonds. The number of nitrogens with one attached hydrogen (secondary N) is 1. The summed E-state index contributed by atoms with van der Waals surface area (Å²) in [6, 6.07) is 15.2. The molecule has 0 aliphatic heterocycles. The molecule has 0 aliphatic rings. The summed E-state index contributed by atoms with van der Waals surface area (Å²) in [5, 5.41) is 12.5. The van der Waals surface area contributed by atoms with E-state index in [1.54, 1.807) is 24.8 Å². The number of carbonyl (C=O) groups is 1. The predicted molar refractivity (Wildman–Crippen MR) is 125 cm³/mol. The first kappa shape index (κ1) is 21.5. The van der Waals surface area contributed by atoms with Gasteiger partial charge in [0, 0.05) is 54.8 Å². The van der Waals surface area contributed by atoms with Gasteiger partial charge in [0.2, 0.25) is 0 Å². The highest BCUT2D eigenvalue weighted by atomic mass is 32.2. The molecule has 0 spiro atoms. The number of thioether (sulfide) groups is 1. The van der Waals surface area contributed by atoms with E-state index >= 15 is 0 Å². The lowest BCUT2D eigenvalue weighted by molar-refractivity contribution is 0.0950. The summed E-state index contributed by atoms with van der Waals surface area (Å²) < 4.78 is 2.00. The van der Waals surface area contributed by atoms with Crippen LogP contribution < -0.4 is 5.32 Å². The number of amides is 1. The fourth-order valence-electron chi connectivity index (χ4n) is 3.19. The molecule has 0 atom stereocenters. The van der Waals surface area contributed by atoms with Crippen LogP contribution >= 0.6 is 11.8 Å². The maximum Gasteiger partial charge on any atom is 0.251 e. The van der Waals surface area contributed by atoms with Crippen molar-refractivity contribution in [3.63, 3.8) is 0 Å². The zero-order valence-electron chi connectivity index (χ0n) is 17.4. The Balaban J connectivity index is 1.49. The normalized spacial score (nSPS) is 10.6. The summed E-state index contributed by atoms with van der Waals surface area (Å²) in [5.74, 6) is 1.21. The standard InChI is InChI=1S/C24H22N6OS/c1-2-14-30-22(19-7-5-11-26-16-19)28-29-24(30)32-17-20-6-3-4-8-21(20)23(31)27-15-18-9-12-25-13-10-18/h2-13,16H,1,14-15,17H2,(H,27,31). The molecule has 0 saturated heterocycles. The Morgan fingerprint density at radius 1 is 1.03 bits per heavy atom. The molecule has 4 aromatic rings. The van der Waals surface area contributed by atoms with E-state index in [1.165, 1.54) is 11.8 Å². The van der Waals surface area contributed by atoms with Crippen molar-refractivity contribution in [1.29, 1.82) is 0 Å². The number of hydrogen-bond acceptors (Lipinski definition) is 6. The molecule has 0 fully saturated rings. The molecule has 7 nitrogen and oxygen atoms in total. The summed E-state index contributed by atoms with van der Waals surface area (Å²) in [6.07, 6.45) is 8.73. The third kappa shape index (κ3) is 5.09. The third-order valence-electron chi connectivity index (χ3n) is 4.77. The summed E-state index contributed by atoms with van der Waals surface area (Å²) in [4.78, 5) is 21.0. The zero-order chi connectivity index (χ0) is 22.2. The van der Waals surface area contributed by atoms with E-state index in [4.69, 9.17) is 0 Å². The van der Waals surface area contributed by atoms with E-state index in [0.717, 1.165) is 27.7 Å². The smallest absolute Gasteiger partial charge is 0.251 e. The number of rotatable bonds is 9. The second-order valence-corrected chi connectivity index (χ2v) is 7.87. The highest BCUT2D eigenvalue weighted by Crippen LogP contribution is 2.27. The van der Waals surface area contributed by atoms with Crippen molar-refractivity contribution in [3.8, 4) is 11.4 Å². The first-order valence-electron chi connectivity index (χ1n) is 10.1. The summed E-state index contributed by atoms with van der Waals surface area (Å²) >= 11 is 1.53. The minimum atomic E-state index is -0.110. The molecule has 0 saturated carbocycles. The highest BCUT2D eigenvalue weighted by molar-refractivity contribution is 7.98. The molecule has 0 bridgehead atoms. The molecular formula is C24H22N6OS. The van der Waals surface area contributed by atoms with E-state index in [0.29, 0.717) is 24.4 Å². The fraction of sp³-hybridized carbons (Fsp3) is 0.125. The highest BCUT2D eigenvalue weighted by Gasteiger charge is 2.16. The quantitative estimate of drug-likeness (QED) is 0.310. The Kier molecular flexibility index (Phi) is 7.04. The van der Waals surface area contributed by atoms with Crippen LogP contribution in [0.5, 0.6) is 0 Å². The second-order valence-electron chi connectivity index (χ2n) is 6.93. The van der Waals surface area contributed by atoms with Crippen LogP contribution in [0.4, 0.5) is 0 Å². The molecule has 0 aliphatic carbocycles. The maximum atomic E-state index is 12.8. The lowest BCUT2D eigenvalue weighted by Gasteiger charge is -2.11. The minimum Gasteiger partial charge on any atom is -0.348 e. The van der Waals surface area contributed by atoms with Crippen LogP contribution in [0.1, 0.15) is 21.5 Å². The molecule has 4 rings (SSSR count). The average Bonchev–Trinajstić information content (AvgIpc) is 3.25. The van der Waals surface area contributed by atoms with Crippen LogP contribution in [-0.2, 0) is 18.8 Å². The Hall–Kier alpha value is -3.78. The largest absolute Gasteiger partial charge is 0.348 e. The lowest BCUT2D eigenvalue weighted by Crippen LogP contribution is -2.23. The first-order valence-corrected chi connectivity index (χ1v) is 11.1. The molecule has 3 heterocycles. The van der Waals surface area contributed by atoms with Crippen molar-refractivity contribution in [2.24, 2.45) is 0 Å². The van der Waals surface area contributed by atoms with Crippen LogP contribution in [0.25, 0.3) is 11.4 Å². The van der Waals surface area contributed by atoms with Crippen LogP contribution in [0.15, 0.2) is 91.1 Å². The van der Waals surface area contributed by atoms with Crippen molar-refractivity contribution in [1.82, 2.24) is 30.0 Å². The molecule has 32 heavy (non-hydrogen) atoms. The van der Waals surface area contributed by atoms with E-state index in [-0.39, 0.29) is 5.91 Å². The van der Waals surface area contributed by atoms with Gasteiger partial charge in [0.25, 0.3) is 5.91 Å². The number of hydrogen-bond donors (Lipinski definition) is 1. The van der Waals surface area contributed by atoms with Gasteiger partial charge in [0.05, 0.1) is 0 Å². The van der Waals surface area contributed by atoms with Gasteiger partial charge in [-0.3, -0.25) is 19.3 Å². The molecule has 8 heteroatoms. The number of nitrogens with zero attached hydrogens (tertiary/aromatic N) is 5. The van der Waals surface area contributed by atoms with Gasteiger partial charge in [0.15, 0.2) is 11.0 Å². The zero-order valence-corrected chi connectivity index (χ0v) is 18.2. The van der Waals surface area contributed by atoms with Crippen LogP contribution in [-0.4, -0.2) is 30.6 Å². The van der Waals surface area contributed by atoms with Gasteiger partial charge in [-0.15, -0.1) is 16.8 Å². The van der Waals surface area contributed by atoms with Crippen LogP contribution in [0.2, 0.25) is 0 Å². The Labute approximate surface area is 190 Å². The SMILES string of the molecule is C=CCn1c(SCc2ccccc2C(=O)NCc2ccncc2)nnc1-c1cccnc1. The Morgan fingerprint density at radius 2 is 1.88 bits per heavy atom. The van der Waals surface area contributed by atoms with Gasteiger partial charge >= 0.3 is 0 Å². The fourth-order valence-corrected chi connectivity index (χ4v) is 4.14. The summed E-state index contributed by atoms with van der Waals surface area (Å²) in [5.41, 5.74) is 3.47. The summed E-state index contributed by atoms with van der Waals surface area (Å²) in [7, 11) is 0. The number of carbonyl (C=O) groups excluding carboxylic acids is 1. The predicted octanol–water partition coefficient (Wildman–Crippen LogP) is 4.14. The molecule has 1 aromatic carbocycles.